The van der Waals surface area contributed by atoms with Gasteiger partial charge in [0.25, 0.3) is 0 Å². The zero-order valence-electron chi connectivity index (χ0n) is 14.4. The van der Waals surface area contributed by atoms with Gasteiger partial charge in [-0.15, -0.1) is 0 Å². The van der Waals surface area contributed by atoms with Crippen molar-refractivity contribution >= 4 is 33.2 Å². The van der Waals surface area contributed by atoms with E-state index >= 15 is 0 Å². The average molecular weight is 331 g/mol. The molecule has 1 heterocycles. The lowest BCUT2D eigenvalue weighted by atomic mass is 10.1. The summed E-state index contributed by atoms with van der Waals surface area (Å²) in [5.41, 5.74) is 17.9. The SMILES string of the molecule is Cc1c(N)c(N)cc2c3cc(OCc4ccccc4)ccc3n(C)c12. The fourth-order valence-corrected chi connectivity index (χ4v) is 3.46. The van der Waals surface area contributed by atoms with Crippen LogP contribution in [0.25, 0.3) is 21.8 Å². The van der Waals surface area contributed by atoms with Crippen LogP contribution in [0, 0.1) is 6.92 Å². The molecule has 0 bridgehead atoms. The number of aryl methyl sites for hydroxylation is 2. The quantitative estimate of drug-likeness (QED) is 0.547. The van der Waals surface area contributed by atoms with Crippen LogP contribution < -0.4 is 16.2 Å². The third-order valence-electron chi connectivity index (χ3n) is 4.83. The van der Waals surface area contributed by atoms with Crippen LogP contribution in [0.4, 0.5) is 11.4 Å². The highest BCUT2D eigenvalue weighted by molar-refractivity contribution is 6.12. The van der Waals surface area contributed by atoms with Crippen LogP contribution in [0.3, 0.4) is 0 Å². The minimum absolute atomic E-state index is 0.547. The minimum Gasteiger partial charge on any atom is -0.489 e. The van der Waals surface area contributed by atoms with Crippen molar-refractivity contribution in [3.05, 3.63) is 65.7 Å². The minimum atomic E-state index is 0.547. The van der Waals surface area contributed by atoms with E-state index in [2.05, 4.69) is 35.9 Å². The van der Waals surface area contributed by atoms with Crippen LogP contribution in [0.15, 0.2) is 54.6 Å². The molecule has 0 saturated heterocycles. The van der Waals surface area contributed by atoms with Crippen LogP contribution in [-0.4, -0.2) is 4.57 Å². The van der Waals surface area contributed by atoms with Gasteiger partial charge < -0.3 is 20.8 Å². The molecule has 0 aliphatic carbocycles. The van der Waals surface area contributed by atoms with Gasteiger partial charge in [0.1, 0.15) is 12.4 Å². The first-order valence-electron chi connectivity index (χ1n) is 8.29. The Kier molecular flexibility index (Phi) is 3.53. The first kappa shape index (κ1) is 15.4. The van der Waals surface area contributed by atoms with Gasteiger partial charge in [-0.3, -0.25) is 0 Å². The molecule has 4 heteroatoms. The van der Waals surface area contributed by atoms with Crippen molar-refractivity contribution in [2.75, 3.05) is 11.5 Å². The summed E-state index contributed by atoms with van der Waals surface area (Å²) in [4.78, 5) is 0. The molecular weight excluding hydrogens is 310 g/mol. The van der Waals surface area contributed by atoms with Crippen molar-refractivity contribution in [1.82, 2.24) is 4.57 Å². The van der Waals surface area contributed by atoms with Crippen LogP contribution in [0.2, 0.25) is 0 Å². The number of hydrogen-bond donors (Lipinski definition) is 2. The predicted molar refractivity (Wildman–Crippen MR) is 105 cm³/mol. The number of nitrogens with two attached hydrogens (primary N) is 2. The predicted octanol–water partition coefficient (Wildman–Crippen LogP) is 4.38. The average Bonchev–Trinajstić information content (AvgIpc) is 2.91. The third kappa shape index (κ3) is 2.47. The van der Waals surface area contributed by atoms with Crippen molar-refractivity contribution < 1.29 is 4.74 Å². The normalized spacial score (nSPS) is 11.3. The van der Waals surface area contributed by atoms with Crippen LogP contribution in [0.5, 0.6) is 5.75 Å². The van der Waals surface area contributed by atoms with E-state index in [1.807, 2.05) is 37.3 Å². The van der Waals surface area contributed by atoms with E-state index in [0.29, 0.717) is 18.0 Å². The number of hydrogen-bond acceptors (Lipinski definition) is 3. The Balaban J connectivity index is 1.81. The first-order chi connectivity index (χ1) is 12.1. The van der Waals surface area contributed by atoms with Gasteiger partial charge >= 0.3 is 0 Å². The van der Waals surface area contributed by atoms with E-state index in [-0.39, 0.29) is 0 Å². The largest absolute Gasteiger partial charge is 0.489 e. The number of ether oxygens (including phenoxy) is 1. The van der Waals surface area contributed by atoms with Crippen LogP contribution in [-0.2, 0) is 13.7 Å². The molecule has 0 aliphatic rings. The van der Waals surface area contributed by atoms with Gasteiger partial charge in [0.2, 0.25) is 0 Å². The molecule has 126 valence electrons. The Bertz CT molecular complexity index is 1080. The molecule has 0 fully saturated rings. The summed E-state index contributed by atoms with van der Waals surface area (Å²) in [6.45, 7) is 2.56. The molecule has 0 radical (unpaired) electrons. The van der Waals surface area contributed by atoms with Crippen molar-refractivity contribution in [1.29, 1.82) is 0 Å². The van der Waals surface area contributed by atoms with Gasteiger partial charge in [0.15, 0.2) is 0 Å². The lowest BCUT2D eigenvalue weighted by molar-refractivity contribution is 0.306. The summed E-state index contributed by atoms with van der Waals surface area (Å²) >= 11 is 0. The van der Waals surface area contributed by atoms with Gasteiger partial charge in [0, 0.05) is 23.3 Å². The number of benzene rings is 3. The Morgan fingerprint density at radius 3 is 2.48 bits per heavy atom. The maximum atomic E-state index is 6.12. The van der Waals surface area contributed by atoms with E-state index in [1.165, 1.54) is 0 Å². The topological polar surface area (TPSA) is 66.2 Å². The van der Waals surface area contributed by atoms with Crippen molar-refractivity contribution in [2.45, 2.75) is 13.5 Å². The fourth-order valence-electron chi connectivity index (χ4n) is 3.46. The standard InChI is InChI=1S/C21H21N3O/c1-13-20(23)18(22)11-17-16-10-15(8-9-19(16)24(2)21(13)17)25-12-14-6-4-3-5-7-14/h3-11H,12,22-23H2,1-2H3. The van der Waals surface area contributed by atoms with Gasteiger partial charge in [-0.1, -0.05) is 30.3 Å². The molecule has 0 saturated carbocycles. The zero-order valence-corrected chi connectivity index (χ0v) is 14.4. The number of aromatic nitrogens is 1. The zero-order chi connectivity index (χ0) is 17.6. The summed E-state index contributed by atoms with van der Waals surface area (Å²) in [6, 6.07) is 18.3. The maximum Gasteiger partial charge on any atom is 0.120 e. The van der Waals surface area contributed by atoms with E-state index in [4.69, 9.17) is 16.2 Å². The highest BCUT2D eigenvalue weighted by Gasteiger charge is 2.14. The van der Waals surface area contributed by atoms with E-state index in [9.17, 15) is 0 Å². The van der Waals surface area contributed by atoms with Gasteiger partial charge in [-0.2, -0.15) is 0 Å². The Morgan fingerprint density at radius 2 is 1.72 bits per heavy atom. The summed E-state index contributed by atoms with van der Waals surface area (Å²) in [5, 5.41) is 2.23. The molecule has 0 atom stereocenters. The number of nitrogen functional groups attached to an aromatic ring is 2. The molecular formula is C21H21N3O. The monoisotopic (exact) mass is 331 g/mol. The molecule has 4 N–H and O–H groups in total. The second kappa shape index (κ2) is 5.74. The van der Waals surface area contributed by atoms with Crippen molar-refractivity contribution in [2.24, 2.45) is 7.05 Å². The van der Waals surface area contributed by atoms with Gasteiger partial charge in [0.05, 0.1) is 16.9 Å². The van der Waals surface area contributed by atoms with Crippen molar-refractivity contribution in [3.63, 3.8) is 0 Å². The molecule has 4 rings (SSSR count). The molecule has 0 unspecified atom stereocenters. The molecule has 4 nitrogen and oxygen atoms in total. The van der Waals surface area contributed by atoms with Crippen LogP contribution >= 0.6 is 0 Å². The second-order valence-corrected chi connectivity index (χ2v) is 6.41. The van der Waals surface area contributed by atoms with Gasteiger partial charge in [-0.05, 0) is 42.3 Å². The summed E-state index contributed by atoms with van der Waals surface area (Å²) in [6.07, 6.45) is 0. The van der Waals surface area contributed by atoms with Crippen molar-refractivity contribution in [3.8, 4) is 5.75 Å². The number of anilines is 2. The van der Waals surface area contributed by atoms with Gasteiger partial charge in [-0.25, -0.2) is 0 Å². The number of nitrogens with zero attached hydrogens (tertiary/aromatic N) is 1. The first-order valence-corrected chi connectivity index (χ1v) is 8.29. The number of fused-ring (bicyclic) bond motifs is 3. The van der Waals surface area contributed by atoms with Crippen LogP contribution in [0.1, 0.15) is 11.1 Å². The Labute approximate surface area is 146 Å². The highest BCUT2D eigenvalue weighted by Crippen LogP contribution is 2.37. The number of rotatable bonds is 3. The molecule has 0 amide bonds. The molecule has 3 aromatic carbocycles. The smallest absolute Gasteiger partial charge is 0.120 e. The molecule has 0 aliphatic heterocycles. The Morgan fingerprint density at radius 1 is 0.960 bits per heavy atom. The summed E-state index contributed by atoms with van der Waals surface area (Å²) < 4.78 is 8.14. The van der Waals surface area contributed by atoms with E-state index in [1.54, 1.807) is 0 Å². The van der Waals surface area contributed by atoms with E-state index in [0.717, 1.165) is 38.7 Å². The summed E-state index contributed by atoms with van der Waals surface area (Å²) in [7, 11) is 2.05. The lowest BCUT2D eigenvalue weighted by Gasteiger charge is -2.07. The highest BCUT2D eigenvalue weighted by atomic mass is 16.5. The maximum absolute atomic E-state index is 6.12. The Hall–Kier alpha value is -3.14. The molecule has 4 aromatic rings. The fraction of sp³-hybridized carbons (Fsp3) is 0.143. The summed E-state index contributed by atoms with van der Waals surface area (Å²) in [5.74, 6) is 0.844. The lowest BCUT2D eigenvalue weighted by Crippen LogP contribution is -1.99. The molecule has 0 spiro atoms. The second-order valence-electron chi connectivity index (χ2n) is 6.41. The molecule has 1 aromatic heterocycles. The molecule has 25 heavy (non-hydrogen) atoms. The van der Waals surface area contributed by atoms with E-state index < -0.39 is 0 Å². The third-order valence-corrected chi connectivity index (χ3v) is 4.83.